The van der Waals surface area contributed by atoms with E-state index in [2.05, 4.69) is 32.9 Å². The first kappa shape index (κ1) is 12.5. The summed E-state index contributed by atoms with van der Waals surface area (Å²) in [5.41, 5.74) is 2.37. The molecule has 17 heavy (non-hydrogen) atoms. The van der Waals surface area contributed by atoms with Crippen molar-refractivity contribution >= 4 is 23.4 Å². The lowest BCUT2D eigenvalue weighted by Crippen LogP contribution is -2.33. The van der Waals surface area contributed by atoms with Crippen molar-refractivity contribution < 1.29 is 4.79 Å². The van der Waals surface area contributed by atoms with Crippen molar-refractivity contribution in [3.05, 3.63) is 29.8 Å². The molecular weight excluding hydrogens is 230 g/mol. The molecule has 1 aliphatic heterocycles. The van der Waals surface area contributed by atoms with Gasteiger partial charge in [-0.15, -0.1) is 11.8 Å². The molecule has 1 heterocycles. The molecule has 2 rings (SSSR count). The summed E-state index contributed by atoms with van der Waals surface area (Å²) in [4.78, 5) is 14.0. The molecule has 92 valence electrons. The summed E-state index contributed by atoms with van der Waals surface area (Å²) in [6.45, 7) is 6.49. The molecule has 1 aromatic rings. The Morgan fingerprint density at radius 1 is 1.41 bits per heavy atom. The van der Waals surface area contributed by atoms with Crippen molar-refractivity contribution in [2.45, 2.75) is 38.5 Å². The molecular formula is C14H19NOS. The van der Waals surface area contributed by atoms with Crippen LogP contribution < -0.4 is 4.90 Å². The first-order valence-corrected chi connectivity index (χ1v) is 7.22. The number of benzene rings is 1. The summed E-state index contributed by atoms with van der Waals surface area (Å²) in [6.07, 6.45) is 1.00. The highest BCUT2D eigenvalue weighted by Gasteiger charge is 2.32. The van der Waals surface area contributed by atoms with E-state index in [9.17, 15) is 4.79 Å². The van der Waals surface area contributed by atoms with Crippen molar-refractivity contribution in [2.75, 3.05) is 10.7 Å². The monoisotopic (exact) mass is 249 g/mol. The molecule has 0 unspecified atom stereocenters. The van der Waals surface area contributed by atoms with Crippen LogP contribution in [0, 0.1) is 0 Å². The number of carbonyl (C=O) groups is 1. The molecule has 1 aliphatic rings. The van der Waals surface area contributed by atoms with Gasteiger partial charge in [0, 0.05) is 5.69 Å². The van der Waals surface area contributed by atoms with Crippen LogP contribution in [-0.2, 0) is 4.79 Å². The van der Waals surface area contributed by atoms with Crippen LogP contribution in [0.5, 0.6) is 0 Å². The summed E-state index contributed by atoms with van der Waals surface area (Å²) in [5, 5.41) is 0.308. The molecule has 0 aliphatic carbocycles. The van der Waals surface area contributed by atoms with Crippen LogP contribution in [0.4, 0.5) is 5.69 Å². The number of hydrogen-bond acceptors (Lipinski definition) is 2. The Labute approximate surface area is 107 Å². The number of carbonyl (C=O) groups excluding carboxylic acids is 1. The van der Waals surface area contributed by atoms with Crippen LogP contribution in [-0.4, -0.2) is 17.0 Å². The highest BCUT2D eigenvalue weighted by atomic mass is 32.2. The Bertz CT molecular complexity index is 416. The molecule has 1 atom stereocenters. The lowest BCUT2D eigenvalue weighted by molar-refractivity contribution is -0.115. The molecule has 0 N–H and O–H groups in total. The zero-order valence-corrected chi connectivity index (χ0v) is 11.5. The molecule has 0 saturated carbocycles. The third kappa shape index (κ3) is 2.34. The number of amides is 1. The highest BCUT2D eigenvalue weighted by Crippen LogP contribution is 2.36. The van der Waals surface area contributed by atoms with E-state index in [1.807, 2.05) is 17.0 Å². The standard InChI is InChI=1S/C14H19NOS/c1-4-14-15(13(16)9-17-14)12-8-6-5-7-11(12)10(2)3/h5-8,10,14H,4,9H2,1-3H3/t14-/m1/s1. The summed E-state index contributed by atoms with van der Waals surface area (Å²) in [5.74, 6) is 1.31. The van der Waals surface area contributed by atoms with Crippen molar-refractivity contribution in [1.29, 1.82) is 0 Å². The molecule has 1 amide bonds. The number of anilines is 1. The van der Waals surface area contributed by atoms with Gasteiger partial charge < -0.3 is 0 Å². The normalized spacial score (nSPS) is 20.4. The molecule has 1 aromatic carbocycles. The fourth-order valence-electron chi connectivity index (χ4n) is 2.26. The first-order valence-electron chi connectivity index (χ1n) is 6.17. The van der Waals surface area contributed by atoms with Crippen molar-refractivity contribution in [2.24, 2.45) is 0 Å². The van der Waals surface area contributed by atoms with Crippen LogP contribution in [0.25, 0.3) is 0 Å². The summed E-state index contributed by atoms with van der Waals surface area (Å²) < 4.78 is 0. The van der Waals surface area contributed by atoms with Crippen LogP contribution in [0.3, 0.4) is 0 Å². The second-order valence-corrected chi connectivity index (χ2v) is 5.82. The van der Waals surface area contributed by atoms with Crippen LogP contribution in [0.15, 0.2) is 24.3 Å². The fraction of sp³-hybridized carbons (Fsp3) is 0.500. The number of hydrogen-bond donors (Lipinski definition) is 0. The quantitative estimate of drug-likeness (QED) is 0.815. The number of rotatable bonds is 3. The minimum absolute atomic E-state index is 0.245. The lowest BCUT2D eigenvalue weighted by Gasteiger charge is -2.26. The SMILES string of the molecule is CC[C@H]1SCC(=O)N1c1ccccc1C(C)C. The molecule has 0 radical (unpaired) electrons. The average molecular weight is 249 g/mol. The van der Waals surface area contributed by atoms with Crippen LogP contribution >= 0.6 is 11.8 Å². The lowest BCUT2D eigenvalue weighted by atomic mass is 10.0. The van der Waals surface area contributed by atoms with E-state index < -0.39 is 0 Å². The van der Waals surface area contributed by atoms with Gasteiger partial charge in [-0.1, -0.05) is 39.0 Å². The molecule has 2 nitrogen and oxygen atoms in total. The van der Waals surface area contributed by atoms with Gasteiger partial charge in [0.15, 0.2) is 0 Å². The predicted molar refractivity (Wildman–Crippen MR) is 74.6 cm³/mol. The molecule has 0 bridgehead atoms. The maximum Gasteiger partial charge on any atom is 0.238 e. The van der Waals surface area contributed by atoms with Gasteiger partial charge >= 0.3 is 0 Å². The zero-order chi connectivity index (χ0) is 12.4. The molecule has 3 heteroatoms. The summed E-state index contributed by atoms with van der Waals surface area (Å²) in [6, 6.07) is 8.27. The van der Waals surface area contributed by atoms with Gasteiger partial charge in [0.2, 0.25) is 5.91 Å². The van der Waals surface area contributed by atoms with Gasteiger partial charge in [0.1, 0.15) is 0 Å². The van der Waals surface area contributed by atoms with Gasteiger partial charge in [0.25, 0.3) is 0 Å². The van der Waals surface area contributed by atoms with Crippen molar-refractivity contribution in [1.82, 2.24) is 0 Å². The minimum Gasteiger partial charge on any atom is -0.299 e. The molecule has 0 aromatic heterocycles. The second-order valence-electron chi connectivity index (χ2n) is 4.65. The number of thioether (sulfide) groups is 1. The minimum atomic E-state index is 0.245. The fourth-order valence-corrected chi connectivity index (χ4v) is 3.35. The van der Waals surface area contributed by atoms with E-state index in [-0.39, 0.29) is 5.91 Å². The van der Waals surface area contributed by atoms with Crippen molar-refractivity contribution in [3.8, 4) is 0 Å². The first-order chi connectivity index (χ1) is 8.15. The van der Waals surface area contributed by atoms with E-state index in [0.29, 0.717) is 17.0 Å². The maximum atomic E-state index is 12.0. The van der Waals surface area contributed by atoms with E-state index in [4.69, 9.17) is 0 Å². The van der Waals surface area contributed by atoms with Gasteiger partial charge in [0.05, 0.1) is 11.1 Å². The Balaban J connectivity index is 2.41. The maximum absolute atomic E-state index is 12.0. The molecule has 1 saturated heterocycles. The largest absolute Gasteiger partial charge is 0.299 e. The second kappa shape index (κ2) is 5.13. The third-order valence-electron chi connectivity index (χ3n) is 3.12. The Hall–Kier alpha value is -0.960. The Morgan fingerprint density at radius 2 is 2.12 bits per heavy atom. The van der Waals surface area contributed by atoms with Crippen LogP contribution in [0.2, 0.25) is 0 Å². The van der Waals surface area contributed by atoms with E-state index in [1.54, 1.807) is 11.8 Å². The van der Waals surface area contributed by atoms with E-state index >= 15 is 0 Å². The summed E-state index contributed by atoms with van der Waals surface area (Å²) in [7, 11) is 0. The van der Waals surface area contributed by atoms with Gasteiger partial charge in [-0.25, -0.2) is 0 Å². The summed E-state index contributed by atoms with van der Waals surface area (Å²) >= 11 is 1.75. The van der Waals surface area contributed by atoms with E-state index in [0.717, 1.165) is 12.1 Å². The zero-order valence-electron chi connectivity index (χ0n) is 10.6. The Morgan fingerprint density at radius 3 is 2.76 bits per heavy atom. The average Bonchev–Trinajstić information content (AvgIpc) is 2.70. The van der Waals surface area contributed by atoms with Gasteiger partial charge in [-0.05, 0) is 24.0 Å². The topological polar surface area (TPSA) is 20.3 Å². The highest BCUT2D eigenvalue weighted by molar-refractivity contribution is 8.01. The van der Waals surface area contributed by atoms with Gasteiger partial charge in [-0.3, -0.25) is 9.69 Å². The third-order valence-corrected chi connectivity index (χ3v) is 4.47. The van der Waals surface area contributed by atoms with E-state index in [1.165, 1.54) is 5.56 Å². The van der Waals surface area contributed by atoms with Crippen molar-refractivity contribution in [3.63, 3.8) is 0 Å². The molecule has 0 spiro atoms. The van der Waals surface area contributed by atoms with Crippen LogP contribution in [0.1, 0.15) is 38.7 Å². The van der Waals surface area contributed by atoms with Gasteiger partial charge in [-0.2, -0.15) is 0 Å². The number of nitrogens with zero attached hydrogens (tertiary/aromatic N) is 1. The predicted octanol–water partition coefficient (Wildman–Crippen LogP) is 3.63. The smallest absolute Gasteiger partial charge is 0.238 e. The number of para-hydroxylation sites is 1. The molecule has 1 fully saturated rings. The Kier molecular flexibility index (Phi) is 3.77.